The van der Waals surface area contributed by atoms with E-state index in [2.05, 4.69) is 31.0 Å². The third kappa shape index (κ3) is 8.60. The first-order chi connectivity index (χ1) is 21.2. The van der Waals surface area contributed by atoms with E-state index in [1.54, 1.807) is 0 Å². The van der Waals surface area contributed by atoms with Crippen molar-refractivity contribution < 1.29 is 19.1 Å². The Labute approximate surface area is 265 Å². The van der Waals surface area contributed by atoms with Gasteiger partial charge in [0.25, 0.3) is 0 Å². The molecule has 10 nitrogen and oxygen atoms in total. The van der Waals surface area contributed by atoms with Crippen LogP contribution in [0, 0.1) is 0 Å². The van der Waals surface area contributed by atoms with Crippen molar-refractivity contribution in [3.05, 3.63) is 69.7 Å². The molecule has 2 amide bonds. The summed E-state index contributed by atoms with van der Waals surface area (Å²) in [5.41, 5.74) is 1.66. The number of aromatic nitrogens is 4. The highest BCUT2D eigenvalue weighted by Gasteiger charge is 2.29. The number of carbonyl (C=O) groups is 2. The predicted octanol–water partition coefficient (Wildman–Crippen LogP) is 6.77. The number of rotatable bonds is 12. The van der Waals surface area contributed by atoms with E-state index < -0.39 is 0 Å². The third-order valence-electron chi connectivity index (χ3n) is 7.12. The van der Waals surface area contributed by atoms with E-state index >= 15 is 0 Å². The van der Waals surface area contributed by atoms with Crippen molar-refractivity contribution in [2.24, 2.45) is 0 Å². The van der Waals surface area contributed by atoms with Crippen molar-refractivity contribution in [1.82, 2.24) is 20.4 Å². The molecule has 12 heteroatoms. The minimum absolute atomic E-state index is 0.0212. The van der Waals surface area contributed by atoms with Gasteiger partial charge >= 0.3 is 0 Å². The number of ether oxygens (including phenoxy) is 2. The molecule has 2 N–H and O–H groups in total. The fourth-order valence-corrected chi connectivity index (χ4v) is 7.06. The van der Waals surface area contributed by atoms with E-state index in [4.69, 9.17) is 9.47 Å². The van der Waals surface area contributed by atoms with Crippen LogP contribution in [0.5, 0.6) is 11.5 Å². The molecule has 1 fully saturated rings. The van der Waals surface area contributed by atoms with Crippen LogP contribution in [-0.4, -0.2) is 44.4 Å². The second-order valence-electron chi connectivity index (χ2n) is 11.4. The lowest BCUT2D eigenvalue weighted by molar-refractivity contribution is -0.116. The largest absolute Gasteiger partial charge is 0.491 e. The molecule has 2 aromatic carbocycles. The number of nitrogens with zero attached hydrogens (tertiary/aromatic N) is 4. The first-order valence-electron chi connectivity index (χ1n) is 15.0. The van der Waals surface area contributed by atoms with Crippen molar-refractivity contribution in [3.63, 3.8) is 0 Å². The standard InChI is InChI=1S/C32H38N6O4S2/c1-19(2)41-25-14-7-5-10-21(25)17-27(39)33-31-37-35-29(43-31)23-12-9-13-24(16-23)30-36-38-32(44-30)34-28(40)18-22-11-6-8-15-26(22)42-20(3)4/h5-8,10-11,14-15,19-20,23-24H,9,12-13,16-18H2,1-4H3,(H,33,37,39)(H,34,38,40)/t23-,24-/m1/s1. The first-order valence-corrected chi connectivity index (χ1v) is 16.6. The lowest BCUT2D eigenvalue weighted by Crippen LogP contribution is -2.16. The molecule has 1 aliphatic rings. The van der Waals surface area contributed by atoms with Crippen LogP contribution in [0.4, 0.5) is 10.3 Å². The van der Waals surface area contributed by atoms with Gasteiger partial charge in [0, 0.05) is 23.0 Å². The summed E-state index contributed by atoms with van der Waals surface area (Å²) in [4.78, 5) is 25.6. The Morgan fingerprint density at radius 3 is 1.59 bits per heavy atom. The van der Waals surface area contributed by atoms with Crippen LogP contribution in [0.1, 0.15) is 86.4 Å². The molecule has 0 aliphatic heterocycles. The number of para-hydroxylation sites is 2. The second-order valence-corrected chi connectivity index (χ2v) is 13.5. The van der Waals surface area contributed by atoms with Crippen LogP contribution in [0.15, 0.2) is 48.5 Å². The number of anilines is 2. The summed E-state index contributed by atoms with van der Waals surface area (Å²) in [5, 5.41) is 26.0. The summed E-state index contributed by atoms with van der Waals surface area (Å²) in [6.45, 7) is 7.85. The minimum Gasteiger partial charge on any atom is -0.491 e. The van der Waals surface area contributed by atoms with Crippen molar-refractivity contribution in [3.8, 4) is 11.5 Å². The van der Waals surface area contributed by atoms with Gasteiger partial charge in [0.2, 0.25) is 22.1 Å². The van der Waals surface area contributed by atoms with Gasteiger partial charge in [0.15, 0.2) is 0 Å². The van der Waals surface area contributed by atoms with E-state index in [-0.39, 0.29) is 48.7 Å². The zero-order chi connectivity index (χ0) is 31.1. The van der Waals surface area contributed by atoms with Crippen molar-refractivity contribution in [1.29, 1.82) is 0 Å². The third-order valence-corrected chi connectivity index (χ3v) is 9.12. The monoisotopic (exact) mass is 634 g/mol. The average Bonchev–Trinajstić information content (AvgIpc) is 3.65. The van der Waals surface area contributed by atoms with Crippen molar-refractivity contribution in [2.75, 3.05) is 10.6 Å². The van der Waals surface area contributed by atoms with Crippen LogP contribution in [0.25, 0.3) is 0 Å². The van der Waals surface area contributed by atoms with Gasteiger partial charge in [-0.15, -0.1) is 20.4 Å². The van der Waals surface area contributed by atoms with Crippen molar-refractivity contribution in [2.45, 2.75) is 90.3 Å². The highest BCUT2D eigenvalue weighted by Crippen LogP contribution is 2.43. The lowest BCUT2D eigenvalue weighted by Gasteiger charge is -2.25. The first kappa shape index (κ1) is 31.5. The number of amides is 2. The topological polar surface area (TPSA) is 128 Å². The Bertz CT molecular complexity index is 1460. The van der Waals surface area contributed by atoms with Crippen molar-refractivity contribution >= 4 is 44.8 Å². The predicted molar refractivity (Wildman–Crippen MR) is 173 cm³/mol. The number of hydrogen-bond donors (Lipinski definition) is 2. The van der Waals surface area contributed by atoms with Gasteiger partial charge in [-0.1, -0.05) is 65.5 Å². The number of hydrogen-bond acceptors (Lipinski definition) is 10. The molecular weight excluding hydrogens is 597 g/mol. The normalized spacial score (nSPS) is 16.6. The van der Waals surface area contributed by atoms with Gasteiger partial charge in [-0.25, -0.2) is 0 Å². The highest BCUT2D eigenvalue weighted by atomic mass is 32.1. The van der Waals surface area contributed by atoms with Gasteiger partial charge in [-0.05, 0) is 59.1 Å². The molecule has 232 valence electrons. The second kappa shape index (κ2) is 14.7. The fourth-order valence-electron chi connectivity index (χ4n) is 5.25. The molecule has 1 aliphatic carbocycles. The molecule has 2 atom stereocenters. The van der Waals surface area contributed by atoms with E-state index in [1.807, 2.05) is 76.2 Å². The van der Waals surface area contributed by atoms with E-state index in [1.165, 1.54) is 22.7 Å². The number of carbonyl (C=O) groups excluding carboxylic acids is 2. The molecule has 44 heavy (non-hydrogen) atoms. The zero-order valence-electron chi connectivity index (χ0n) is 25.4. The Hall–Kier alpha value is -3.90. The summed E-state index contributed by atoms with van der Waals surface area (Å²) in [7, 11) is 0. The van der Waals surface area contributed by atoms with E-state index in [9.17, 15) is 9.59 Å². The number of nitrogens with one attached hydrogen (secondary N) is 2. The van der Waals surface area contributed by atoms with E-state index in [0.29, 0.717) is 21.8 Å². The molecular formula is C32H38N6O4S2. The number of benzene rings is 2. The molecule has 5 rings (SSSR count). The molecule has 0 unspecified atom stereocenters. The summed E-state index contributed by atoms with van der Waals surface area (Å²) in [6, 6.07) is 15.2. The fraction of sp³-hybridized carbons (Fsp3) is 0.438. The van der Waals surface area contributed by atoms with Crippen LogP contribution >= 0.6 is 22.7 Å². The summed E-state index contributed by atoms with van der Waals surface area (Å²) >= 11 is 2.85. The van der Waals surface area contributed by atoms with Crippen LogP contribution in [0.3, 0.4) is 0 Å². The van der Waals surface area contributed by atoms with Crippen LogP contribution in [-0.2, 0) is 22.4 Å². The smallest absolute Gasteiger partial charge is 0.230 e. The Morgan fingerprint density at radius 1 is 0.727 bits per heavy atom. The molecule has 2 aromatic heterocycles. The summed E-state index contributed by atoms with van der Waals surface area (Å²) in [6.07, 6.45) is 4.32. The minimum atomic E-state index is -0.159. The SMILES string of the molecule is CC(C)Oc1ccccc1CC(=O)Nc1nnc([C@@H]2CCC[C@@H](c3nnc(NC(=O)Cc4ccccc4OC(C)C)s3)C2)s1. The van der Waals surface area contributed by atoms with Gasteiger partial charge in [-0.2, -0.15) is 0 Å². The lowest BCUT2D eigenvalue weighted by atomic mass is 9.82. The Morgan fingerprint density at radius 2 is 1.16 bits per heavy atom. The Balaban J connectivity index is 1.15. The zero-order valence-corrected chi connectivity index (χ0v) is 27.0. The molecule has 0 saturated heterocycles. The summed E-state index contributed by atoms with van der Waals surface area (Å²) in [5.74, 6) is 1.55. The van der Waals surface area contributed by atoms with E-state index in [0.717, 1.165) is 46.8 Å². The van der Waals surface area contributed by atoms with Crippen LogP contribution in [0.2, 0.25) is 0 Å². The maximum absolute atomic E-state index is 12.8. The van der Waals surface area contributed by atoms with Gasteiger partial charge in [0.1, 0.15) is 21.5 Å². The molecule has 4 aromatic rings. The molecule has 1 saturated carbocycles. The molecule has 0 bridgehead atoms. The highest BCUT2D eigenvalue weighted by molar-refractivity contribution is 7.15. The Kier molecular flexibility index (Phi) is 10.5. The molecule has 0 spiro atoms. The summed E-state index contributed by atoms with van der Waals surface area (Å²) < 4.78 is 11.7. The molecule has 0 radical (unpaired) electrons. The van der Waals surface area contributed by atoms with Gasteiger partial charge in [-0.3, -0.25) is 9.59 Å². The quantitative estimate of drug-likeness (QED) is 0.175. The van der Waals surface area contributed by atoms with Gasteiger partial charge < -0.3 is 20.1 Å². The average molecular weight is 635 g/mol. The maximum atomic E-state index is 12.8. The molecule has 2 heterocycles. The van der Waals surface area contributed by atoms with Crippen LogP contribution < -0.4 is 20.1 Å². The van der Waals surface area contributed by atoms with Gasteiger partial charge in [0.05, 0.1) is 25.0 Å². The maximum Gasteiger partial charge on any atom is 0.230 e.